The average Bonchev–Trinajstić information content (AvgIpc) is 2.02. The molecule has 0 spiro atoms. The summed E-state index contributed by atoms with van der Waals surface area (Å²) >= 11 is 0. The Bertz CT molecular complexity index is 335. The minimum atomic E-state index is -0.218. The van der Waals surface area contributed by atoms with Gasteiger partial charge in [-0.25, -0.2) is 0 Å². The molecule has 0 bridgehead atoms. The van der Waals surface area contributed by atoms with Crippen LogP contribution in [0.5, 0.6) is 0 Å². The summed E-state index contributed by atoms with van der Waals surface area (Å²) in [5, 5.41) is 8.83. The number of hydrogen-bond acceptors (Lipinski definition) is 1. The Morgan fingerprint density at radius 1 is 1.73 bits per heavy atom. The molecule has 11 heavy (non-hydrogen) atoms. The van der Waals surface area contributed by atoms with E-state index in [9.17, 15) is 0 Å². The van der Waals surface area contributed by atoms with E-state index in [2.05, 4.69) is 12.1 Å². The first-order chi connectivity index (χ1) is 5.26. The zero-order chi connectivity index (χ0) is 7.90. The van der Waals surface area contributed by atoms with Gasteiger partial charge in [-0.3, -0.25) is 0 Å². The van der Waals surface area contributed by atoms with E-state index >= 15 is 0 Å². The highest BCUT2D eigenvalue weighted by molar-refractivity contribution is 5.48. The lowest BCUT2D eigenvalue weighted by molar-refractivity contribution is 0.530. The van der Waals surface area contributed by atoms with E-state index in [1.165, 1.54) is 11.1 Å². The largest absolute Gasteiger partial charge is 0.197 e. The molecule has 1 radical (unpaired) electrons. The molecule has 1 aromatic rings. The SMILES string of the molecule is CC1(C#N)Cc2c[c]ccc21. The Hall–Kier alpha value is -1.29. The number of hydrogen-bond donors (Lipinski definition) is 0. The summed E-state index contributed by atoms with van der Waals surface area (Å²) in [5.74, 6) is 0. The minimum absolute atomic E-state index is 0.218. The third-order valence-electron chi connectivity index (χ3n) is 2.33. The summed E-state index contributed by atoms with van der Waals surface area (Å²) in [6, 6.07) is 11.1. The Kier molecular flexibility index (Phi) is 1.08. The van der Waals surface area contributed by atoms with Crippen LogP contribution in [0.25, 0.3) is 0 Å². The first-order valence-corrected chi connectivity index (χ1v) is 3.67. The fourth-order valence-corrected chi connectivity index (χ4v) is 1.62. The normalized spacial score (nSPS) is 26.5. The molecule has 0 saturated heterocycles. The maximum absolute atomic E-state index is 8.83. The molecule has 1 aromatic carbocycles. The summed E-state index contributed by atoms with van der Waals surface area (Å²) in [4.78, 5) is 0. The molecule has 0 heterocycles. The molecule has 1 heteroatoms. The van der Waals surface area contributed by atoms with Crippen LogP contribution in [-0.4, -0.2) is 0 Å². The van der Waals surface area contributed by atoms with Gasteiger partial charge in [0, 0.05) is 0 Å². The van der Waals surface area contributed by atoms with Gasteiger partial charge in [-0.1, -0.05) is 18.2 Å². The summed E-state index contributed by atoms with van der Waals surface area (Å²) in [6.45, 7) is 1.98. The van der Waals surface area contributed by atoms with Crippen molar-refractivity contribution in [2.45, 2.75) is 18.8 Å². The fourth-order valence-electron chi connectivity index (χ4n) is 1.62. The van der Waals surface area contributed by atoms with Gasteiger partial charge < -0.3 is 0 Å². The summed E-state index contributed by atoms with van der Waals surface area (Å²) in [6.07, 6.45) is 0.885. The minimum Gasteiger partial charge on any atom is -0.197 e. The molecule has 1 unspecified atom stereocenters. The van der Waals surface area contributed by atoms with E-state index in [0.717, 1.165) is 6.42 Å². The zero-order valence-corrected chi connectivity index (χ0v) is 6.39. The summed E-state index contributed by atoms with van der Waals surface area (Å²) in [7, 11) is 0. The molecular formula is C10H8N. The van der Waals surface area contributed by atoms with Crippen molar-refractivity contribution in [1.29, 1.82) is 5.26 Å². The van der Waals surface area contributed by atoms with E-state index in [1.807, 2.05) is 25.1 Å². The Morgan fingerprint density at radius 2 is 2.55 bits per heavy atom. The number of nitrogens with zero attached hydrogens (tertiary/aromatic N) is 1. The van der Waals surface area contributed by atoms with Gasteiger partial charge in [-0.15, -0.1) is 0 Å². The molecule has 0 saturated carbocycles. The second-order valence-corrected chi connectivity index (χ2v) is 3.20. The van der Waals surface area contributed by atoms with Crippen LogP contribution < -0.4 is 0 Å². The van der Waals surface area contributed by atoms with Gasteiger partial charge in [0.1, 0.15) is 0 Å². The van der Waals surface area contributed by atoms with Crippen molar-refractivity contribution in [3.63, 3.8) is 0 Å². The molecule has 53 valence electrons. The average molecular weight is 142 g/mol. The lowest BCUT2D eigenvalue weighted by Gasteiger charge is -2.34. The molecular weight excluding hydrogens is 134 g/mol. The van der Waals surface area contributed by atoms with E-state index in [1.54, 1.807) is 0 Å². The van der Waals surface area contributed by atoms with E-state index in [-0.39, 0.29) is 5.41 Å². The summed E-state index contributed by atoms with van der Waals surface area (Å²) < 4.78 is 0. The molecule has 1 aliphatic carbocycles. The van der Waals surface area contributed by atoms with Gasteiger partial charge in [0.25, 0.3) is 0 Å². The quantitative estimate of drug-likeness (QED) is 0.542. The van der Waals surface area contributed by atoms with Crippen molar-refractivity contribution in [3.05, 3.63) is 35.4 Å². The van der Waals surface area contributed by atoms with Crippen LogP contribution >= 0.6 is 0 Å². The van der Waals surface area contributed by atoms with Gasteiger partial charge in [0.15, 0.2) is 0 Å². The van der Waals surface area contributed by atoms with Crippen molar-refractivity contribution < 1.29 is 0 Å². The Balaban J connectivity index is 2.53. The number of nitriles is 1. The predicted octanol–water partition coefficient (Wildman–Crippen LogP) is 1.82. The van der Waals surface area contributed by atoms with E-state index in [4.69, 9.17) is 5.26 Å². The second kappa shape index (κ2) is 1.85. The standard InChI is InChI=1S/C10H8N/c1-10(7-11)6-8-4-2-3-5-9(8)10/h3-5H,6H2,1H3. The van der Waals surface area contributed by atoms with Crippen molar-refractivity contribution in [1.82, 2.24) is 0 Å². The van der Waals surface area contributed by atoms with Crippen molar-refractivity contribution >= 4 is 0 Å². The first kappa shape index (κ1) is 6.42. The van der Waals surface area contributed by atoms with Crippen LogP contribution in [0.2, 0.25) is 0 Å². The third-order valence-corrected chi connectivity index (χ3v) is 2.33. The first-order valence-electron chi connectivity index (χ1n) is 3.67. The van der Waals surface area contributed by atoms with Crippen molar-refractivity contribution in [2.24, 2.45) is 0 Å². The van der Waals surface area contributed by atoms with Gasteiger partial charge in [0.2, 0.25) is 0 Å². The highest BCUT2D eigenvalue weighted by Gasteiger charge is 2.37. The fraction of sp³-hybridized carbons (Fsp3) is 0.300. The number of fused-ring (bicyclic) bond motifs is 1. The molecule has 1 atom stereocenters. The molecule has 0 aromatic heterocycles. The van der Waals surface area contributed by atoms with Crippen LogP contribution in [0, 0.1) is 17.4 Å². The van der Waals surface area contributed by atoms with Gasteiger partial charge in [0.05, 0.1) is 11.5 Å². The van der Waals surface area contributed by atoms with Gasteiger partial charge in [-0.05, 0) is 30.5 Å². The van der Waals surface area contributed by atoms with Gasteiger partial charge in [-0.2, -0.15) is 5.26 Å². The summed E-state index contributed by atoms with van der Waals surface area (Å²) in [5.41, 5.74) is 2.24. The Labute approximate surface area is 66.3 Å². The molecule has 1 nitrogen and oxygen atoms in total. The third kappa shape index (κ3) is 0.698. The number of rotatable bonds is 0. The number of benzene rings is 1. The van der Waals surface area contributed by atoms with Crippen LogP contribution in [0.3, 0.4) is 0 Å². The molecule has 0 aliphatic heterocycles. The van der Waals surface area contributed by atoms with Crippen LogP contribution in [0.4, 0.5) is 0 Å². The molecule has 0 amide bonds. The lowest BCUT2D eigenvalue weighted by atomic mass is 9.66. The highest BCUT2D eigenvalue weighted by atomic mass is 14.4. The highest BCUT2D eigenvalue weighted by Crippen LogP contribution is 2.39. The smallest absolute Gasteiger partial charge is 0.0837 e. The predicted molar refractivity (Wildman–Crippen MR) is 41.9 cm³/mol. The Morgan fingerprint density at radius 3 is 3.18 bits per heavy atom. The molecule has 2 rings (SSSR count). The van der Waals surface area contributed by atoms with E-state index in [0.29, 0.717) is 0 Å². The van der Waals surface area contributed by atoms with Crippen LogP contribution in [-0.2, 0) is 11.8 Å². The second-order valence-electron chi connectivity index (χ2n) is 3.20. The maximum Gasteiger partial charge on any atom is 0.0837 e. The van der Waals surface area contributed by atoms with Crippen LogP contribution in [0.15, 0.2) is 18.2 Å². The monoisotopic (exact) mass is 142 g/mol. The lowest BCUT2D eigenvalue weighted by Crippen LogP contribution is -2.33. The van der Waals surface area contributed by atoms with Crippen LogP contribution in [0.1, 0.15) is 18.1 Å². The molecule has 0 fully saturated rings. The van der Waals surface area contributed by atoms with Crippen molar-refractivity contribution in [3.8, 4) is 6.07 Å². The van der Waals surface area contributed by atoms with Gasteiger partial charge >= 0.3 is 0 Å². The topological polar surface area (TPSA) is 23.8 Å². The molecule has 1 aliphatic rings. The maximum atomic E-state index is 8.83. The zero-order valence-electron chi connectivity index (χ0n) is 6.39. The molecule has 0 N–H and O–H groups in total. The van der Waals surface area contributed by atoms with E-state index < -0.39 is 0 Å². The van der Waals surface area contributed by atoms with Crippen molar-refractivity contribution in [2.75, 3.05) is 0 Å².